The summed E-state index contributed by atoms with van der Waals surface area (Å²) in [6.07, 6.45) is 7.73. The molecule has 1 heterocycles. The van der Waals surface area contributed by atoms with Crippen LogP contribution in [0.15, 0.2) is 18.2 Å². The highest BCUT2D eigenvalue weighted by molar-refractivity contribution is 5.40. The predicted octanol–water partition coefficient (Wildman–Crippen LogP) is 4.02. The first-order valence-corrected chi connectivity index (χ1v) is 8.59. The predicted molar refractivity (Wildman–Crippen MR) is 81.4 cm³/mol. The fraction of sp³-hybridized carbons (Fsp3) is 0.684. The van der Waals surface area contributed by atoms with Gasteiger partial charge in [-0.1, -0.05) is 13.0 Å². The number of benzene rings is 1. The van der Waals surface area contributed by atoms with Gasteiger partial charge in [0.25, 0.3) is 0 Å². The van der Waals surface area contributed by atoms with Crippen LogP contribution in [0.25, 0.3) is 0 Å². The van der Waals surface area contributed by atoms with Crippen LogP contribution >= 0.6 is 0 Å². The first-order valence-electron chi connectivity index (χ1n) is 8.59. The average Bonchev–Trinajstić information content (AvgIpc) is 3.20. The first-order chi connectivity index (χ1) is 10.1. The van der Waals surface area contributed by atoms with E-state index < -0.39 is 0 Å². The Kier molecular flexibility index (Phi) is 2.29. The molecule has 112 valence electrons. The van der Waals surface area contributed by atoms with Crippen molar-refractivity contribution in [2.75, 3.05) is 6.61 Å². The van der Waals surface area contributed by atoms with Gasteiger partial charge >= 0.3 is 0 Å². The minimum absolute atomic E-state index is 0.262. The molecule has 5 atom stereocenters. The maximum Gasteiger partial charge on any atom is 0.115 e. The van der Waals surface area contributed by atoms with Crippen LogP contribution < -0.4 is 0 Å². The number of ether oxygens (including phenoxy) is 1. The van der Waals surface area contributed by atoms with Gasteiger partial charge in [-0.2, -0.15) is 0 Å². The van der Waals surface area contributed by atoms with Gasteiger partial charge in [0.05, 0.1) is 12.2 Å². The van der Waals surface area contributed by atoms with Gasteiger partial charge in [0.15, 0.2) is 0 Å². The molecular formula is C19H24O2. The third-order valence-electron chi connectivity index (χ3n) is 7.49. The van der Waals surface area contributed by atoms with E-state index in [-0.39, 0.29) is 5.60 Å². The fourth-order valence-corrected chi connectivity index (χ4v) is 6.22. The van der Waals surface area contributed by atoms with Crippen LogP contribution in [0.1, 0.15) is 56.1 Å². The summed E-state index contributed by atoms with van der Waals surface area (Å²) in [4.78, 5) is 0. The normalized spacial score (nSPS) is 46.8. The maximum atomic E-state index is 9.74. The summed E-state index contributed by atoms with van der Waals surface area (Å²) < 4.78 is 5.96. The van der Waals surface area contributed by atoms with Gasteiger partial charge in [0.1, 0.15) is 5.75 Å². The molecule has 1 saturated heterocycles. The Morgan fingerprint density at radius 2 is 2.05 bits per heavy atom. The summed E-state index contributed by atoms with van der Waals surface area (Å²) in [5.74, 6) is 2.84. The van der Waals surface area contributed by atoms with E-state index in [4.69, 9.17) is 4.74 Å². The van der Waals surface area contributed by atoms with E-state index in [1.807, 2.05) is 12.1 Å². The lowest BCUT2D eigenvalue weighted by Crippen LogP contribution is -2.45. The van der Waals surface area contributed by atoms with Crippen molar-refractivity contribution in [3.63, 3.8) is 0 Å². The second kappa shape index (κ2) is 3.84. The van der Waals surface area contributed by atoms with E-state index in [0.29, 0.717) is 11.2 Å². The van der Waals surface area contributed by atoms with Gasteiger partial charge in [-0.3, -0.25) is 0 Å². The maximum absolute atomic E-state index is 9.74. The quantitative estimate of drug-likeness (QED) is 0.730. The number of rotatable bonds is 0. The van der Waals surface area contributed by atoms with Crippen molar-refractivity contribution in [2.24, 2.45) is 17.3 Å². The molecule has 1 spiro atoms. The van der Waals surface area contributed by atoms with Gasteiger partial charge < -0.3 is 9.84 Å². The Bertz CT molecular complexity index is 604. The largest absolute Gasteiger partial charge is 0.508 e. The molecular weight excluding hydrogens is 260 g/mol. The van der Waals surface area contributed by atoms with Crippen molar-refractivity contribution in [1.29, 1.82) is 0 Å². The second-order valence-electron chi connectivity index (χ2n) is 8.08. The highest BCUT2D eigenvalue weighted by Gasteiger charge is 2.68. The molecule has 21 heavy (non-hydrogen) atoms. The highest BCUT2D eigenvalue weighted by atomic mass is 16.6. The number of phenols is 1. The molecule has 4 aliphatic rings. The third kappa shape index (κ3) is 1.47. The van der Waals surface area contributed by atoms with Crippen LogP contribution in [0.4, 0.5) is 0 Å². The second-order valence-corrected chi connectivity index (χ2v) is 8.08. The van der Waals surface area contributed by atoms with E-state index in [1.165, 1.54) is 43.2 Å². The summed E-state index contributed by atoms with van der Waals surface area (Å²) in [5.41, 5.74) is 3.62. The molecule has 5 rings (SSSR count). The molecule has 3 fully saturated rings. The van der Waals surface area contributed by atoms with Crippen LogP contribution in [-0.2, 0) is 11.2 Å². The molecule has 1 N–H and O–H groups in total. The van der Waals surface area contributed by atoms with Crippen molar-refractivity contribution < 1.29 is 9.84 Å². The number of hydrogen-bond donors (Lipinski definition) is 1. The van der Waals surface area contributed by atoms with E-state index in [2.05, 4.69) is 13.0 Å². The third-order valence-corrected chi connectivity index (χ3v) is 7.49. The lowest BCUT2D eigenvalue weighted by atomic mass is 9.54. The topological polar surface area (TPSA) is 32.8 Å². The van der Waals surface area contributed by atoms with E-state index in [9.17, 15) is 5.11 Å². The van der Waals surface area contributed by atoms with Gasteiger partial charge in [0, 0.05) is 5.41 Å². The van der Waals surface area contributed by atoms with Gasteiger partial charge in [0.2, 0.25) is 0 Å². The molecule has 2 nitrogen and oxygen atoms in total. The zero-order valence-electron chi connectivity index (χ0n) is 12.8. The SMILES string of the molecule is CC12CCC3c4ccc(O)cc4CCC3C1CCC21CO1. The van der Waals surface area contributed by atoms with Crippen molar-refractivity contribution in [1.82, 2.24) is 0 Å². The van der Waals surface area contributed by atoms with Crippen molar-refractivity contribution in [2.45, 2.75) is 57.0 Å². The van der Waals surface area contributed by atoms with Crippen LogP contribution in [-0.4, -0.2) is 17.3 Å². The molecule has 1 aliphatic heterocycles. The molecule has 0 aromatic heterocycles. The minimum atomic E-state index is 0.262. The molecule has 0 amide bonds. The zero-order valence-corrected chi connectivity index (χ0v) is 12.8. The number of phenolic OH excluding ortho intramolecular Hbond substituents is 1. The molecule has 5 unspecified atom stereocenters. The number of hydrogen-bond acceptors (Lipinski definition) is 2. The van der Waals surface area contributed by atoms with Crippen LogP contribution in [0.3, 0.4) is 0 Å². The molecule has 0 radical (unpaired) electrons. The molecule has 2 saturated carbocycles. The van der Waals surface area contributed by atoms with Gasteiger partial charge in [-0.15, -0.1) is 0 Å². The molecule has 0 bridgehead atoms. The number of aryl methyl sites for hydroxylation is 1. The average molecular weight is 284 g/mol. The summed E-state index contributed by atoms with van der Waals surface area (Å²) in [6.45, 7) is 3.53. The van der Waals surface area contributed by atoms with E-state index in [0.717, 1.165) is 30.8 Å². The first kappa shape index (κ1) is 12.5. The van der Waals surface area contributed by atoms with Crippen molar-refractivity contribution >= 4 is 0 Å². The lowest BCUT2D eigenvalue weighted by molar-refractivity contribution is 0.0121. The minimum Gasteiger partial charge on any atom is -0.508 e. The lowest BCUT2D eigenvalue weighted by Gasteiger charge is -2.50. The van der Waals surface area contributed by atoms with Crippen molar-refractivity contribution in [3.8, 4) is 5.75 Å². The van der Waals surface area contributed by atoms with Crippen LogP contribution in [0.2, 0.25) is 0 Å². The number of epoxide rings is 1. The Hall–Kier alpha value is -1.02. The Labute approximate surface area is 126 Å². The highest BCUT2D eigenvalue weighted by Crippen LogP contribution is 2.68. The number of aromatic hydroxyl groups is 1. The Balaban J connectivity index is 1.54. The summed E-state index contributed by atoms with van der Waals surface area (Å²) in [5, 5.41) is 9.74. The molecule has 2 heteroatoms. The Morgan fingerprint density at radius 1 is 1.19 bits per heavy atom. The van der Waals surface area contributed by atoms with Gasteiger partial charge in [-0.25, -0.2) is 0 Å². The monoisotopic (exact) mass is 284 g/mol. The standard InChI is InChI=1S/C19H24O2/c1-18-8-6-15-14-5-3-13(20)10-12(14)2-4-16(15)17(18)7-9-19(18)11-21-19/h3,5,10,15-17,20H,2,4,6-9,11H2,1H3. The van der Waals surface area contributed by atoms with Crippen molar-refractivity contribution in [3.05, 3.63) is 29.3 Å². The van der Waals surface area contributed by atoms with Crippen LogP contribution in [0, 0.1) is 17.3 Å². The fourth-order valence-electron chi connectivity index (χ4n) is 6.22. The Morgan fingerprint density at radius 3 is 2.86 bits per heavy atom. The molecule has 1 aromatic carbocycles. The summed E-state index contributed by atoms with van der Waals surface area (Å²) in [6, 6.07) is 6.08. The molecule has 3 aliphatic carbocycles. The van der Waals surface area contributed by atoms with Crippen LogP contribution in [0.5, 0.6) is 5.75 Å². The summed E-state index contributed by atoms with van der Waals surface area (Å²) >= 11 is 0. The zero-order chi connectivity index (χ0) is 14.2. The number of fused-ring (bicyclic) bond motifs is 6. The van der Waals surface area contributed by atoms with Gasteiger partial charge in [-0.05, 0) is 79.5 Å². The van der Waals surface area contributed by atoms with E-state index >= 15 is 0 Å². The smallest absolute Gasteiger partial charge is 0.115 e. The summed E-state index contributed by atoms with van der Waals surface area (Å²) in [7, 11) is 0. The molecule has 1 aromatic rings. The van der Waals surface area contributed by atoms with E-state index in [1.54, 1.807) is 0 Å².